The number of carbonyl (C=O) groups is 1. The van der Waals surface area contributed by atoms with Gasteiger partial charge in [0, 0.05) is 12.1 Å². The average Bonchev–Trinajstić information content (AvgIpc) is 2.77. The maximum absolute atomic E-state index is 13.0. The third-order valence-electron chi connectivity index (χ3n) is 4.71. The highest BCUT2D eigenvalue weighted by Gasteiger charge is 2.24. The van der Waals surface area contributed by atoms with Gasteiger partial charge in [0.05, 0.1) is 23.7 Å². The van der Waals surface area contributed by atoms with Crippen LogP contribution >= 0.6 is 11.6 Å². The van der Waals surface area contributed by atoms with Crippen molar-refractivity contribution < 1.29 is 22.7 Å². The first-order valence-corrected chi connectivity index (χ1v) is 12.0. The molecule has 0 atom stereocenters. The highest BCUT2D eigenvalue weighted by Crippen LogP contribution is 2.32. The summed E-state index contributed by atoms with van der Waals surface area (Å²) in [5, 5.41) is 3.09. The number of likely N-dealkylation sites (N-methyl/N-ethyl adjacent to an activating group) is 1. The molecule has 0 aromatic heterocycles. The van der Waals surface area contributed by atoms with E-state index in [1.807, 2.05) is 25.1 Å². The van der Waals surface area contributed by atoms with Gasteiger partial charge in [0.2, 0.25) is 15.9 Å². The summed E-state index contributed by atoms with van der Waals surface area (Å²) in [7, 11) is -2.54. The molecule has 3 rings (SSSR count). The van der Waals surface area contributed by atoms with Gasteiger partial charge in [-0.15, -0.1) is 0 Å². The lowest BCUT2D eigenvalue weighted by Crippen LogP contribution is -2.35. The molecule has 0 radical (unpaired) electrons. The molecule has 3 aromatic rings. The van der Waals surface area contributed by atoms with E-state index in [4.69, 9.17) is 21.1 Å². The molecule has 3 aromatic carbocycles. The SMILES string of the molecule is CCOc1ccc(S(=O)(=O)N(C)CC(=O)Nc2cc(Cl)ccc2Oc2ccccc2)cc1C. The highest BCUT2D eigenvalue weighted by molar-refractivity contribution is 7.89. The maximum Gasteiger partial charge on any atom is 0.243 e. The molecule has 0 unspecified atom stereocenters. The van der Waals surface area contributed by atoms with Crippen LogP contribution in [0.5, 0.6) is 17.2 Å². The summed E-state index contributed by atoms with van der Waals surface area (Å²) in [5.41, 5.74) is 1.02. The van der Waals surface area contributed by atoms with Crippen LogP contribution in [0.3, 0.4) is 0 Å². The fourth-order valence-corrected chi connectivity index (χ4v) is 4.45. The molecule has 0 saturated heterocycles. The predicted molar refractivity (Wildman–Crippen MR) is 129 cm³/mol. The number of nitrogens with zero attached hydrogens (tertiary/aromatic N) is 1. The number of hydrogen-bond acceptors (Lipinski definition) is 5. The zero-order chi connectivity index (χ0) is 24.0. The third kappa shape index (κ3) is 6.25. The average molecular weight is 489 g/mol. The maximum atomic E-state index is 13.0. The van der Waals surface area contributed by atoms with E-state index in [1.165, 1.54) is 19.2 Å². The summed E-state index contributed by atoms with van der Waals surface area (Å²) in [6.45, 7) is 3.70. The van der Waals surface area contributed by atoms with Gasteiger partial charge in [-0.25, -0.2) is 8.42 Å². The number of para-hydroxylation sites is 1. The summed E-state index contributed by atoms with van der Waals surface area (Å²) in [4.78, 5) is 12.8. The van der Waals surface area contributed by atoms with Crippen molar-refractivity contribution in [2.24, 2.45) is 0 Å². The smallest absolute Gasteiger partial charge is 0.243 e. The summed E-state index contributed by atoms with van der Waals surface area (Å²) < 4.78 is 38.2. The standard InChI is InChI=1S/C24H25ClN2O5S/c1-4-31-22-13-11-20(14-17(22)2)33(29,30)27(3)16-24(28)26-21-15-18(25)10-12-23(21)32-19-8-6-5-7-9-19/h5-15H,4,16H2,1-3H3,(H,26,28). The predicted octanol–water partition coefficient (Wildman–Crippen LogP) is 5.10. The second kappa shape index (κ2) is 10.7. The van der Waals surface area contributed by atoms with Crippen LogP contribution in [0.25, 0.3) is 0 Å². The molecule has 1 amide bonds. The fourth-order valence-electron chi connectivity index (χ4n) is 3.06. The van der Waals surface area contributed by atoms with Crippen LogP contribution in [-0.4, -0.2) is 38.8 Å². The van der Waals surface area contributed by atoms with Crippen molar-refractivity contribution in [2.75, 3.05) is 25.5 Å². The van der Waals surface area contributed by atoms with Gasteiger partial charge in [0.25, 0.3) is 0 Å². The molecular formula is C24H25ClN2O5S. The first-order valence-electron chi connectivity index (χ1n) is 10.2. The Morgan fingerprint density at radius 2 is 1.73 bits per heavy atom. The topological polar surface area (TPSA) is 84.9 Å². The minimum atomic E-state index is -3.89. The van der Waals surface area contributed by atoms with Gasteiger partial charge in [-0.2, -0.15) is 4.31 Å². The quantitative estimate of drug-likeness (QED) is 0.453. The second-order valence-electron chi connectivity index (χ2n) is 7.23. The Kier molecular flexibility index (Phi) is 7.97. The van der Waals surface area contributed by atoms with E-state index in [0.29, 0.717) is 40.1 Å². The normalized spacial score (nSPS) is 11.3. The molecule has 33 heavy (non-hydrogen) atoms. The molecule has 7 nitrogen and oxygen atoms in total. The Morgan fingerprint density at radius 1 is 1.03 bits per heavy atom. The number of halogens is 1. The lowest BCUT2D eigenvalue weighted by atomic mass is 10.2. The fraction of sp³-hybridized carbons (Fsp3) is 0.208. The van der Waals surface area contributed by atoms with Crippen LogP contribution in [0.1, 0.15) is 12.5 Å². The van der Waals surface area contributed by atoms with Crippen LogP contribution in [0.4, 0.5) is 5.69 Å². The van der Waals surface area contributed by atoms with Gasteiger partial charge < -0.3 is 14.8 Å². The Hall–Kier alpha value is -3.07. The van der Waals surface area contributed by atoms with E-state index in [0.717, 1.165) is 4.31 Å². The molecule has 0 bridgehead atoms. The van der Waals surface area contributed by atoms with Crippen molar-refractivity contribution in [3.05, 3.63) is 77.3 Å². The van der Waals surface area contributed by atoms with E-state index in [9.17, 15) is 13.2 Å². The minimum absolute atomic E-state index is 0.0783. The van der Waals surface area contributed by atoms with Crippen LogP contribution in [0, 0.1) is 6.92 Å². The van der Waals surface area contributed by atoms with Gasteiger partial charge in [-0.3, -0.25) is 4.79 Å². The van der Waals surface area contributed by atoms with E-state index in [-0.39, 0.29) is 4.90 Å². The van der Waals surface area contributed by atoms with Crippen molar-refractivity contribution >= 4 is 33.2 Å². The van der Waals surface area contributed by atoms with Crippen molar-refractivity contribution in [2.45, 2.75) is 18.7 Å². The van der Waals surface area contributed by atoms with Crippen molar-refractivity contribution in [1.29, 1.82) is 0 Å². The zero-order valence-electron chi connectivity index (χ0n) is 18.5. The number of amides is 1. The largest absolute Gasteiger partial charge is 0.494 e. The van der Waals surface area contributed by atoms with E-state index in [1.54, 1.807) is 43.3 Å². The number of hydrogen-bond donors (Lipinski definition) is 1. The number of carbonyl (C=O) groups excluding carboxylic acids is 1. The van der Waals surface area contributed by atoms with Crippen LogP contribution in [-0.2, 0) is 14.8 Å². The number of benzene rings is 3. The van der Waals surface area contributed by atoms with Crippen molar-refractivity contribution in [1.82, 2.24) is 4.31 Å². The number of rotatable bonds is 9. The lowest BCUT2D eigenvalue weighted by molar-refractivity contribution is -0.116. The lowest BCUT2D eigenvalue weighted by Gasteiger charge is -2.19. The van der Waals surface area contributed by atoms with Crippen molar-refractivity contribution in [3.63, 3.8) is 0 Å². The van der Waals surface area contributed by atoms with Crippen LogP contribution < -0.4 is 14.8 Å². The molecular weight excluding hydrogens is 464 g/mol. The summed E-state index contributed by atoms with van der Waals surface area (Å²) in [6.07, 6.45) is 0. The molecule has 0 fully saturated rings. The number of sulfonamides is 1. The molecule has 9 heteroatoms. The molecule has 0 aliphatic rings. The molecule has 0 saturated carbocycles. The Balaban J connectivity index is 1.74. The van der Waals surface area contributed by atoms with Gasteiger partial charge >= 0.3 is 0 Å². The molecule has 0 aliphatic carbocycles. The first-order chi connectivity index (χ1) is 15.7. The molecule has 0 heterocycles. The zero-order valence-corrected chi connectivity index (χ0v) is 20.1. The highest BCUT2D eigenvalue weighted by atomic mass is 35.5. The van der Waals surface area contributed by atoms with Gasteiger partial charge in [0.1, 0.15) is 11.5 Å². The van der Waals surface area contributed by atoms with Gasteiger partial charge in [-0.1, -0.05) is 29.8 Å². The minimum Gasteiger partial charge on any atom is -0.494 e. The number of ether oxygens (including phenoxy) is 2. The van der Waals surface area contributed by atoms with E-state index < -0.39 is 22.5 Å². The molecule has 1 N–H and O–H groups in total. The molecule has 174 valence electrons. The number of nitrogens with one attached hydrogen (secondary N) is 1. The second-order valence-corrected chi connectivity index (χ2v) is 9.71. The Morgan fingerprint density at radius 3 is 2.39 bits per heavy atom. The Labute approximate surface area is 198 Å². The summed E-state index contributed by atoms with van der Waals surface area (Å²) >= 11 is 6.09. The first kappa shape index (κ1) is 24.6. The van der Waals surface area contributed by atoms with E-state index in [2.05, 4.69) is 5.32 Å². The number of anilines is 1. The monoisotopic (exact) mass is 488 g/mol. The van der Waals surface area contributed by atoms with Gasteiger partial charge in [-0.05, 0) is 67.9 Å². The van der Waals surface area contributed by atoms with E-state index >= 15 is 0 Å². The third-order valence-corrected chi connectivity index (χ3v) is 6.74. The Bertz CT molecular complexity index is 1230. The van der Waals surface area contributed by atoms with Gasteiger partial charge in [0.15, 0.2) is 5.75 Å². The summed E-state index contributed by atoms with van der Waals surface area (Å²) in [6, 6.07) is 18.5. The summed E-state index contributed by atoms with van der Waals surface area (Å²) in [5.74, 6) is 1.04. The van der Waals surface area contributed by atoms with Crippen molar-refractivity contribution in [3.8, 4) is 17.2 Å². The molecule has 0 aliphatic heterocycles. The van der Waals surface area contributed by atoms with Crippen LogP contribution in [0.15, 0.2) is 71.6 Å². The van der Waals surface area contributed by atoms with Crippen LogP contribution in [0.2, 0.25) is 5.02 Å². The number of aryl methyl sites for hydroxylation is 1. The molecule has 0 spiro atoms.